The van der Waals surface area contributed by atoms with E-state index in [2.05, 4.69) is 23.4 Å². The van der Waals surface area contributed by atoms with E-state index in [0.717, 1.165) is 18.8 Å². The van der Waals surface area contributed by atoms with E-state index in [1.165, 1.54) is 32.1 Å². The first-order chi connectivity index (χ1) is 9.60. The van der Waals surface area contributed by atoms with Gasteiger partial charge in [-0.05, 0) is 32.1 Å². The first-order valence-corrected chi connectivity index (χ1v) is 7.89. The molecule has 4 heteroatoms. The maximum atomic E-state index is 12.3. The largest absolute Gasteiger partial charge is 0.335 e. The third-order valence-electron chi connectivity index (χ3n) is 4.96. The second-order valence-corrected chi connectivity index (χ2v) is 6.83. The predicted molar refractivity (Wildman–Crippen MR) is 78.2 cm³/mol. The number of carbonyl (C=O) groups excluding carboxylic acids is 1. The molecular formula is C16H25N3O. The summed E-state index contributed by atoms with van der Waals surface area (Å²) in [5, 5.41) is 0. The van der Waals surface area contributed by atoms with E-state index in [1.807, 2.05) is 17.3 Å². The summed E-state index contributed by atoms with van der Waals surface area (Å²) >= 11 is 0. The Morgan fingerprint density at radius 3 is 2.75 bits per heavy atom. The van der Waals surface area contributed by atoms with Crippen molar-refractivity contribution in [3.05, 3.63) is 18.2 Å². The van der Waals surface area contributed by atoms with Gasteiger partial charge in [0.15, 0.2) is 0 Å². The Morgan fingerprint density at radius 2 is 2.05 bits per heavy atom. The zero-order valence-electron chi connectivity index (χ0n) is 12.6. The molecule has 0 radical (unpaired) electrons. The Balaban J connectivity index is 1.72. The van der Waals surface area contributed by atoms with Crippen LogP contribution in [0.4, 0.5) is 0 Å². The van der Waals surface area contributed by atoms with Crippen molar-refractivity contribution in [1.82, 2.24) is 14.5 Å². The number of nitrogens with zero attached hydrogens (tertiary/aromatic N) is 3. The van der Waals surface area contributed by atoms with E-state index in [0.29, 0.717) is 18.5 Å². The van der Waals surface area contributed by atoms with Gasteiger partial charge in [-0.25, -0.2) is 4.98 Å². The lowest BCUT2D eigenvalue weighted by Gasteiger charge is -2.32. The maximum absolute atomic E-state index is 12.3. The Labute approximate surface area is 121 Å². The predicted octanol–water partition coefficient (Wildman–Crippen LogP) is 3.15. The number of likely N-dealkylation sites (tertiary alicyclic amines) is 1. The molecule has 1 aromatic rings. The standard InChI is InChI=1S/C16H25N3O/c1-13(2)19-9-8-17-14(19)11-18-12-16(10-15(18)20)6-4-3-5-7-16/h8-9,13H,3-7,10-12H2,1-2H3. The quantitative estimate of drug-likeness (QED) is 0.850. The molecule has 3 rings (SSSR count). The molecule has 1 aliphatic carbocycles. The van der Waals surface area contributed by atoms with Gasteiger partial charge in [0, 0.05) is 31.4 Å². The van der Waals surface area contributed by atoms with Crippen LogP contribution in [0.25, 0.3) is 0 Å². The smallest absolute Gasteiger partial charge is 0.223 e. The Morgan fingerprint density at radius 1 is 1.30 bits per heavy atom. The van der Waals surface area contributed by atoms with Crippen LogP contribution in [-0.2, 0) is 11.3 Å². The highest BCUT2D eigenvalue weighted by atomic mass is 16.2. The van der Waals surface area contributed by atoms with Gasteiger partial charge in [-0.3, -0.25) is 4.79 Å². The van der Waals surface area contributed by atoms with Crippen molar-refractivity contribution in [2.24, 2.45) is 5.41 Å². The number of amides is 1. The number of hydrogen-bond donors (Lipinski definition) is 0. The highest BCUT2D eigenvalue weighted by Crippen LogP contribution is 2.44. The maximum Gasteiger partial charge on any atom is 0.223 e. The fraction of sp³-hybridized carbons (Fsp3) is 0.750. The van der Waals surface area contributed by atoms with Gasteiger partial charge in [0.25, 0.3) is 0 Å². The molecule has 110 valence electrons. The monoisotopic (exact) mass is 275 g/mol. The molecule has 20 heavy (non-hydrogen) atoms. The van der Waals surface area contributed by atoms with Crippen LogP contribution in [0.3, 0.4) is 0 Å². The molecule has 2 fully saturated rings. The normalized spacial score (nSPS) is 22.1. The third kappa shape index (κ3) is 2.48. The first-order valence-electron chi connectivity index (χ1n) is 7.89. The van der Waals surface area contributed by atoms with Gasteiger partial charge >= 0.3 is 0 Å². The van der Waals surface area contributed by atoms with Crippen molar-refractivity contribution >= 4 is 5.91 Å². The highest BCUT2D eigenvalue weighted by Gasteiger charge is 2.43. The van der Waals surface area contributed by atoms with Crippen LogP contribution < -0.4 is 0 Å². The molecule has 1 aromatic heterocycles. The summed E-state index contributed by atoms with van der Waals surface area (Å²) < 4.78 is 2.17. The minimum absolute atomic E-state index is 0.282. The van der Waals surface area contributed by atoms with Crippen LogP contribution in [0.2, 0.25) is 0 Å². The molecule has 1 aliphatic heterocycles. The van der Waals surface area contributed by atoms with Crippen molar-refractivity contribution in [1.29, 1.82) is 0 Å². The second-order valence-electron chi connectivity index (χ2n) is 6.83. The summed E-state index contributed by atoms with van der Waals surface area (Å²) in [6.07, 6.45) is 11.0. The minimum atomic E-state index is 0.282. The molecule has 4 nitrogen and oxygen atoms in total. The number of hydrogen-bond acceptors (Lipinski definition) is 2. The minimum Gasteiger partial charge on any atom is -0.335 e. The summed E-state index contributed by atoms with van der Waals surface area (Å²) in [5.74, 6) is 1.34. The molecule has 1 saturated carbocycles. The van der Waals surface area contributed by atoms with Gasteiger partial charge in [0.1, 0.15) is 5.82 Å². The van der Waals surface area contributed by atoms with Crippen molar-refractivity contribution in [3.63, 3.8) is 0 Å². The molecule has 1 amide bonds. The van der Waals surface area contributed by atoms with Crippen LogP contribution in [0.1, 0.15) is 64.2 Å². The van der Waals surface area contributed by atoms with Crippen molar-refractivity contribution < 1.29 is 4.79 Å². The van der Waals surface area contributed by atoms with Crippen LogP contribution in [0, 0.1) is 5.41 Å². The van der Waals surface area contributed by atoms with Gasteiger partial charge < -0.3 is 9.47 Å². The fourth-order valence-electron chi connectivity index (χ4n) is 3.87. The van der Waals surface area contributed by atoms with Gasteiger partial charge in [0.2, 0.25) is 5.91 Å². The lowest BCUT2D eigenvalue weighted by atomic mass is 9.73. The van der Waals surface area contributed by atoms with E-state index >= 15 is 0 Å². The van der Waals surface area contributed by atoms with Crippen LogP contribution in [0.15, 0.2) is 12.4 Å². The molecule has 2 aliphatic rings. The Kier molecular flexibility index (Phi) is 3.57. The fourth-order valence-corrected chi connectivity index (χ4v) is 3.87. The molecule has 2 heterocycles. The molecule has 1 saturated heterocycles. The summed E-state index contributed by atoms with van der Waals surface area (Å²) in [5.41, 5.74) is 0.282. The lowest BCUT2D eigenvalue weighted by Crippen LogP contribution is -2.30. The number of carbonyl (C=O) groups is 1. The van der Waals surface area contributed by atoms with Gasteiger partial charge in [-0.2, -0.15) is 0 Å². The van der Waals surface area contributed by atoms with Crippen molar-refractivity contribution in [3.8, 4) is 0 Å². The van der Waals surface area contributed by atoms with E-state index < -0.39 is 0 Å². The summed E-state index contributed by atoms with van der Waals surface area (Å²) in [6.45, 7) is 5.92. The lowest BCUT2D eigenvalue weighted by molar-refractivity contribution is -0.128. The number of imidazole rings is 1. The highest BCUT2D eigenvalue weighted by molar-refractivity contribution is 5.79. The Hall–Kier alpha value is -1.32. The number of rotatable bonds is 3. The van der Waals surface area contributed by atoms with Crippen molar-refractivity contribution in [2.45, 2.75) is 65.0 Å². The second kappa shape index (κ2) is 5.23. The summed E-state index contributed by atoms with van der Waals surface area (Å²) in [6, 6.07) is 0.397. The number of aromatic nitrogens is 2. The van der Waals surface area contributed by atoms with Crippen molar-refractivity contribution in [2.75, 3.05) is 6.54 Å². The Bertz CT molecular complexity index is 486. The topological polar surface area (TPSA) is 38.1 Å². The average molecular weight is 275 g/mol. The molecule has 0 aromatic carbocycles. The van der Waals surface area contributed by atoms with E-state index in [9.17, 15) is 4.79 Å². The molecule has 0 N–H and O–H groups in total. The molecule has 0 atom stereocenters. The zero-order valence-corrected chi connectivity index (χ0v) is 12.6. The average Bonchev–Trinajstić information content (AvgIpc) is 2.97. The third-order valence-corrected chi connectivity index (χ3v) is 4.96. The van der Waals surface area contributed by atoms with Gasteiger partial charge in [-0.1, -0.05) is 19.3 Å². The van der Waals surface area contributed by atoms with Crippen LogP contribution in [0.5, 0.6) is 0 Å². The van der Waals surface area contributed by atoms with Gasteiger partial charge in [-0.15, -0.1) is 0 Å². The first kappa shape index (κ1) is 13.7. The SMILES string of the molecule is CC(C)n1ccnc1CN1CC2(CCCCC2)CC1=O. The van der Waals surface area contributed by atoms with Gasteiger partial charge in [0.05, 0.1) is 6.54 Å². The van der Waals surface area contributed by atoms with Crippen LogP contribution >= 0.6 is 0 Å². The zero-order chi connectivity index (χ0) is 14.2. The summed E-state index contributed by atoms with van der Waals surface area (Å²) in [4.78, 5) is 18.8. The van der Waals surface area contributed by atoms with Crippen LogP contribution in [-0.4, -0.2) is 26.9 Å². The molecular weight excluding hydrogens is 250 g/mol. The molecule has 1 spiro atoms. The molecule has 0 bridgehead atoms. The van der Waals surface area contributed by atoms with E-state index in [-0.39, 0.29) is 5.41 Å². The van der Waals surface area contributed by atoms with E-state index in [1.54, 1.807) is 0 Å². The summed E-state index contributed by atoms with van der Waals surface area (Å²) in [7, 11) is 0. The van der Waals surface area contributed by atoms with E-state index in [4.69, 9.17) is 0 Å². The molecule has 0 unspecified atom stereocenters.